The van der Waals surface area contributed by atoms with Crippen LogP contribution in [0.2, 0.25) is 0 Å². The Morgan fingerprint density at radius 3 is 2.05 bits per heavy atom. The third-order valence-corrected chi connectivity index (χ3v) is 15.0. The number of amides is 4. The molecule has 10 rings (SSSR count). The monoisotopic (exact) mass is 1200 g/mol. The highest BCUT2D eigenvalue weighted by Gasteiger charge is 2.54. The van der Waals surface area contributed by atoms with Gasteiger partial charge in [0.05, 0.1) is 45.4 Å². The molecule has 0 unspecified atom stereocenters. The number of hydrogen-bond acceptors (Lipinski definition) is 16. The fourth-order valence-electron chi connectivity index (χ4n) is 10.3. The summed E-state index contributed by atoms with van der Waals surface area (Å²) in [5.41, 5.74) is 6.56. The number of hydrogen-bond donors (Lipinski definition) is 10. The lowest BCUT2D eigenvalue weighted by Gasteiger charge is -2.36. The third-order valence-electron chi connectivity index (χ3n) is 14.8. The molecule has 4 amide bonds. The first-order chi connectivity index (χ1) is 42.3. The number of fused-ring (bicyclic) bond motifs is 8. The Morgan fingerprint density at radius 1 is 0.648 bits per heavy atom. The van der Waals surface area contributed by atoms with Gasteiger partial charge in [-0.15, -0.1) is 0 Å². The molecule has 24 heteroatoms. The largest absolute Gasteiger partial charge is 0.508 e. The number of phenolic OH excluding ortho intramolecular Hbond substituents is 2. The van der Waals surface area contributed by atoms with Gasteiger partial charge in [0.15, 0.2) is 10.7 Å². The molecule has 8 aromatic rings. The summed E-state index contributed by atoms with van der Waals surface area (Å²) in [6, 6.07) is 26.8. The number of aromatic hydroxyl groups is 2. The topological polar surface area (TPSA) is 343 Å². The van der Waals surface area contributed by atoms with Gasteiger partial charge in [0, 0.05) is 89.5 Å². The molecule has 0 radical (unpaired) electrons. The van der Waals surface area contributed by atoms with Crippen LogP contribution in [0.15, 0.2) is 128 Å². The zero-order valence-corrected chi connectivity index (χ0v) is 48.0. The molecule has 446 valence electrons. The number of rotatable bonds is 20. The SMILES string of the molecule is Cc1nc2ccc(C(=O)N[C@H](Cc3ccccc3C#Cc3ccc4nccnc4c3)C(=O)NCCC(=O)N[C@H](CC(=O)N[C@H](CCCCNC(=S)Nc3ccc4c(c3)C(=O)OC43c4ccc(O)cc4Oc4cc(O)ccc43)C(=O)O)C(=O)O)cc2nc1C. The Kier molecular flexibility index (Phi) is 17.8. The lowest BCUT2D eigenvalue weighted by Crippen LogP contribution is -2.49. The zero-order valence-electron chi connectivity index (χ0n) is 47.2. The van der Waals surface area contributed by atoms with Crippen LogP contribution in [0.1, 0.15) is 97.6 Å². The minimum absolute atomic E-state index is 0.0342. The molecule has 0 saturated carbocycles. The standard InChI is InChI=1S/C64H56N10O13S/c1-34-35(2)70-51-29-39(13-21-48(51)69-34)58(79)74-52(28-38-8-4-3-7-37(38)12-10-36-11-20-47-50(27-36)66-26-25-65-47)59(80)67-24-22-56(77)73-53(61(83)84)33-57(78)72-49(60(81)82)9-5-6-23-68-63(88)71-40-14-17-44-43(30-40)62(85)87-64(44)45-18-15-41(75)31-54(45)86-55-32-42(76)16-19-46(55)64/h3-4,7-8,11,13-21,25-27,29-32,49,52-53,75-76H,5-6,9,22-24,28,33H2,1-2H3,(H,67,80)(H,72,78)(H,73,77)(H,74,79)(H,81,82)(H,83,84)(H2,68,71,88)/t49-,52-,53-/m1/s1. The number of aliphatic carboxylic acids is 2. The van der Waals surface area contributed by atoms with Gasteiger partial charge in [-0.25, -0.2) is 24.4 Å². The highest BCUT2D eigenvalue weighted by molar-refractivity contribution is 7.80. The van der Waals surface area contributed by atoms with Crippen LogP contribution in [-0.2, 0) is 40.7 Å². The molecule has 0 bridgehead atoms. The molecular formula is C64H56N10O13S. The molecular weight excluding hydrogens is 1150 g/mol. The predicted octanol–water partition coefficient (Wildman–Crippen LogP) is 6.10. The highest BCUT2D eigenvalue weighted by Crippen LogP contribution is 2.57. The smallest absolute Gasteiger partial charge is 0.340 e. The number of carbonyl (C=O) groups excluding carboxylic acids is 5. The van der Waals surface area contributed by atoms with E-state index >= 15 is 0 Å². The molecule has 3 atom stereocenters. The van der Waals surface area contributed by atoms with Gasteiger partial charge in [-0.1, -0.05) is 36.1 Å². The van der Waals surface area contributed by atoms with E-state index in [1.165, 1.54) is 24.3 Å². The minimum Gasteiger partial charge on any atom is -0.508 e. The van der Waals surface area contributed by atoms with Gasteiger partial charge in [-0.05, 0) is 130 Å². The van der Waals surface area contributed by atoms with E-state index in [2.05, 4.69) is 63.7 Å². The number of benzene rings is 6. The number of unbranched alkanes of at least 4 members (excludes halogenated alkanes) is 1. The summed E-state index contributed by atoms with van der Waals surface area (Å²) in [6.07, 6.45) is 2.51. The van der Waals surface area contributed by atoms with Gasteiger partial charge >= 0.3 is 17.9 Å². The van der Waals surface area contributed by atoms with E-state index in [9.17, 15) is 54.0 Å². The van der Waals surface area contributed by atoms with Gasteiger partial charge in [0.1, 0.15) is 41.1 Å². The zero-order chi connectivity index (χ0) is 62.2. The fourth-order valence-corrected chi connectivity index (χ4v) is 10.5. The van der Waals surface area contributed by atoms with Gasteiger partial charge in [-0.2, -0.15) is 0 Å². The molecule has 23 nitrogen and oxygen atoms in total. The van der Waals surface area contributed by atoms with Crippen molar-refractivity contribution in [3.05, 3.63) is 184 Å². The highest BCUT2D eigenvalue weighted by atomic mass is 32.1. The third kappa shape index (κ3) is 13.5. The van der Waals surface area contributed by atoms with Crippen LogP contribution >= 0.6 is 12.2 Å². The van der Waals surface area contributed by atoms with Gasteiger partial charge in [0.2, 0.25) is 17.7 Å². The predicted molar refractivity (Wildman–Crippen MR) is 323 cm³/mol. The number of thiocarbonyl (C=S) groups is 1. The van der Waals surface area contributed by atoms with E-state index in [-0.39, 0.29) is 71.6 Å². The summed E-state index contributed by atoms with van der Waals surface area (Å²) in [5, 5.41) is 56.7. The summed E-state index contributed by atoms with van der Waals surface area (Å²) in [6.45, 7) is 3.59. The summed E-state index contributed by atoms with van der Waals surface area (Å²) in [4.78, 5) is 110. The number of carboxylic acids is 2. The number of carbonyl (C=O) groups is 7. The maximum Gasteiger partial charge on any atom is 0.340 e. The molecule has 0 saturated heterocycles. The van der Waals surface area contributed by atoms with Crippen LogP contribution in [0.25, 0.3) is 22.1 Å². The van der Waals surface area contributed by atoms with Crippen molar-refractivity contribution in [1.82, 2.24) is 46.5 Å². The van der Waals surface area contributed by atoms with Gasteiger partial charge in [0.25, 0.3) is 5.91 Å². The van der Waals surface area contributed by atoms with Crippen LogP contribution in [-0.4, -0.2) is 118 Å². The van der Waals surface area contributed by atoms with Crippen molar-refractivity contribution >= 4 is 86.6 Å². The second-order valence-corrected chi connectivity index (χ2v) is 21.2. The lowest BCUT2D eigenvalue weighted by atomic mass is 9.77. The molecule has 0 aliphatic carbocycles. The Morgan fingerprint density at radius 2 is 1.32 bits per heavy atom. The normalized spacial score (nSPS) is 13.4. The van der Waals surface area contributed by atoms with Crippen molar-refractivity contribution in [1.29, 1.82) is 0 Å². The van der Waals surface area contributed by atoms with Crippen molar-refractivity contribution in [3.8, 4) is 34.8 Å². The van der Waals surface area contributed by atoms with Crippen LogP contribution in [0, 0.1) is 25.7 Å². The number of anilines is 1. The molecule has 4 heterocycles. The molecule has 0 fully saturated rings. The summed E-state index contributed by atoms with van der Waals surface area (Å²) in [5.74, 6) is -0.0170. The van der Waals surface area contributed by atoms with Gasteiger partial charge in [-0.3, -0.25) is 29.1 Å². The van der Waals surface area contributed by atoms with E-state index in [0.29, 0.717) is 73.2 Å². The van der Waals surface area contributed by atoms with Crippen LogP contribution in [0.5, 0.6) is 23.0 Å². The first-order valence-electron chi connectivity index (χ1n) is 27.8. The number of carboxylic acid groups (broad SMARTS) is 2. The minimum atomic E-state index is -1.76. The summed E-state index contributed by atoms with van der Waals surface area (Å²) < 4.78 is 12.1. The average Bonchev–Trinajstić information content (AvgIpc) is 1.51. The van der Waals surface area contributed by atoms with E-state index < -0.39 is 78.1 Å². The molecule has 6 aromatic carbocycles. The number of aryl methyl sites for hydroxylation is 2. The molecule has 2 aromatic heterocycles. The first kappa shape index (κ1) is 60.1. The van der Waals surface area contributed by atoms with E-state index in [1.54, 1.807) is 98.2 Å². The Hall–Kier alpha value is -11.1. The Bertz CT molecular complexity index is 4170. The van der Waals surface area contributed by atoms with Gasteiger partial charge < -0.3 is 61.8 Å². The molecule has 2 aliphatic heterocycles. The Balaban J connectivity index is 0.705. The molecule has 10 N–H and O–H groups in total. The number of nitrogens with zero attached hydrogens (tertiary/aromatic N) is 4. The average molecular weight is 1210 g/mol. The number of nitrogens with one attached hydrogen (secondary N) is 6. The second-order valence-electron chi connectivity index (χ2n) is 20.8. The van der Waals surface area contributed by atoms with Crippen molar-refractivity contribution in [2.24, 2.45) is 0 Å². The van der Waals surface area contributed by atoms with E-state index in [1.807, 2.05) is 19.1 Å². The maximum absolute atomic E-state index is 14.0. The fraction of sp³-hybridized carbons (Fsp3) is 0.219. The van der Waals surface area contributed by atoms with Crippen LogP contribution < -0.4 is 36.6 Å². The van der Waals surface area contributed by atoms with Crippen LogP contribution in [0.4, 0.5) is 5.69 Å². The quantitative estimate of drug-likeness (QED) is 0.0178. The first-order valence-corrected chi connectivity index (χ1v) is 28.2. The van der Waals surface area contributed by atoms with Crippen molar-refractivity contribution in [3.63, 3.8) is 0 Å². The maximum atomic E-state index is 14.0. The van der Waals surface area contributed by atoms with Crippen molar-refractivity contribution in [2.45, 2.75) is 76.1 Å². The summed E-state index contributed by atoms with van der Waals surface area (Å²) >= 11 is 5.50. The summed E-state index contributed by atoms with van der Waals surface area (Å²) in [7, 11) is 0. The van der Waals surface area contributed by atoms with Crippen LogP contribution in [0.3, 0.4) is 0 Å². The number of esters is 1. The van der Waals surface area contributed by atoms with Crippen molar-refractivity contribution in [2.75, 3.05) is 18.4 Å². The number of phenols is 2. The van der Waals surface area contributed by atoms with E-state index in [4.69, 9.17) is 21.7 Å². The lowest BCUT2D eigenvalue weighted by molar-refractivity contribution is -0.144. The van der Waals surface area contributed by atoms with Crippen molar-refractivity contribution < 1.29 is 63.5 Å². The Labute approximate surface area is 507 Å². The number of ether oxygens (including phenoxy) is 2. The second kappa shape index (κ2) is 26.1. The molecule has 2 aliphatic rings. The molecule has 1 spiro atoms. The van der Waals surface area contributed by atoms with E-state index in [0.717, 1.165) is 5.69 Å². The molecule has 88 heavy (non-hydrogen) atoms. The number of aromatic nitrogens is 4.